The Kier molecular flexibility index (Phi) is 3.93. The van der Waals surface area contributed by atoms with E-state index in [9.17, 15) is 9.59 Å². The van der Waals surface area contributed by atoms with E-state index in [4.69, 9.17) is 9.15 Å². The third kappa shape index (κ3) is 2.93. The van der Waals surface area contributed by atoms with Crippen LogP contribution in [0, 0.1) is 0 Å². The number of anilines is 1. The Hall–Kier alpha value is -3.54. The maximum atomic E-state index is 12.1. The van der Waals surface area contributed by atoms with Crippen molar-refractivity contribution >= 4 is 39.5 Å². The summed E-state index contributed by atoms with van der Waals surface area (Å²) in [6.45, 7) is -0.353. The molecular weight excluding hydrogens is 332 g/mol. The number of nitrogens with zero attached hydrogens (tertiary/aromatic N) is 1. The van der Waals surface area contributed by atoms with Gasteiger partial charge in [0.1, 0.15) is 16.9 Å². The lowest BCUT2D eigenvalue weighted by Crippen LogP contribution is -2.21. The first kappa shape index (κ1) is 16.0. The summed E-state index contributed by atoms with van der Waals surface area (Å²) >= 11 is 0. The van der Waals surface area contributed by atoms with E-state index in [-0.39, 0.29) is 6.61 Å². The molecule has 6 heteroatoms. The first-order valence-electron chi connectivity index (χ1n) is 8.11. The van der Waals surface area contributed by atoms with E-state index in [2.05, 4.69) is 5.32 Å². The van der Waals surface area contributed by atoms with E-state index >= 15 is 0 Å². The monoisotopic (exact) mass is 348 g/mol. The number of fused-ring (bicyclic) bond motifs is 3. The molecule has 2 heterocycles. The third-order valence-corrected chi connectivity index (χ3v) is 4.15. The number of nitrogens with one attached hydrogen (secondary N) is 1. The van der Waals surface area contributed by atoms with E-state index in [1.807, 2.05) is 30.3 Å². The number of esters is 1. The number of carbonyl (C=O) groups is 2. The standard InChI is InChI=1S/C20H16N2O4/c1-22-10-4-6-16(22)20(24)25-12-19(23)21-13-8-9-18-15(11-13)14-5-2-3-7-17(14)26-18/h2-11H,12H2,1H3,(H,21,23). The van der Waals surface area contributed by atoms with Gasteiger partial charge in [-0.05, 0) is 36.4 Å². The number of para-hydroxylation sites is 1. The molecule has 0 atom stereocenters. The molecule has 6 nitrogen and oxygen atoms in total. The first-order chi connectivity index (χ1) is 12.6. The van der Waals surface area contributed by atoms with Gasteiger partial charge in [-0.2, -0.15) is 0 Å². The first-order valence-corrected chi connectivity index (χ1v) is 8.11. The van der Waals surface area contributed by atoms with Gasteiger partial charge in [0.05, 0.1) is 0 Å². The van der Waals surface area contributed by atoms with Crippen molar-refractivity contribution in [2.75, 3.05) is 11.9 Å². The Bertz CT molecular complexity index is 1120. The van der Waals surface area contributed by atoms with Gasteiger partial charge in [0, 0.05) is 29.7 Å². The van der Waals surface area contributed by atoms with Crippen molar-refractivity contribution in [2.24, 2.45) is 7.05 Å². The van der Waals surface area contributed by atoms with Crippen LogP contribution >= 0.6 is 0 Å². The highest BCUT2D eigenvalue weighted by atomic mass is 16.5. The molecule has 0 saturated heterocycles. The molecule has 4 aromatic rings. The molecule has 0 aliphatic carbocycles. The number of rotatable bonds is 4. The Morgan fingerprint density at radius 2 is 1.85 bits per heavy atom. The van der Waals surface area contributed by atoms with Crippen LogP contribution in [0.15, 0.2) is 65.2 Å². The van der Waals surface area contributed by atoms with Gasteiger partial charge in [0.2, 0.25) is 0 Å². The molecule has 4 rings (SSSR count). The van der Waals surface area contributed by atoms with Crippen LogP contribution in [-0.2, 0) is 16.6 Å². The van der Waals surface area contributed by atoms with Gasteiger partial charge in [0.25, 0.3) is 5.91 Å². The average Bonchev–Trinajstić information content (AvgIpc) is 3.23. The van der Waals surface area contributed by atoms with Crippen molar-refractivity contribution in [3.8, 4) is 0 Å². The Morgan fingerprint density at radius 3 is 2.65 bits per heavy atom. The predicted molar refractivity (Wildman–Crippen MR) is 98.0 cm³/mol. The summed E-state index contributed by atoms with van der Waals surface area (Å²) in [6.07, 6.45) is 1.74. The average molecular weight is 348 g/mol. The molecule has 0 saturated carbocycles. The Balaban J connectivity index is 1.46. The van der Waals surface area contributed by atoms with Crippen LogP contribution in [0.4, 0.5) is 5.69 Å². The number of benzene rings is 2. The number of hydrogen-bond acceptors (Lipinski definition) is 4. The van der Waals surface area contributed by atoms with Crippen LogP contribution in [0.3, 0.4) is 0 Å². The van der Waals surface area contributed by atoms with Crippen LogP contribution in [0.2, 0.25) is 0 Å². The predicted octanol–water partition coefficient (Wildman–Crippen LogP) is 3.72. The van der Waals surface area contributed by atoms with Crippen LogP contribution in [0.25, 0.3) is 21.9 Å². The van der Waals surface area contributed by atoms with Crippen molar-refractivity contribution in [3.63, 3.8) is 0 Å². The number of amides is 1. The highest BCUT2D eigenvalue weighted by molar-refractivity contribution is 6.07. The Labute approximate surface area is 149 Å². The molecule has 1 amide bonds. The van der Waals surface area contributed by atoms with E-state index in [1.54, 1.807) is 42.1 Å². The fourth-order valence-corrected chi connectivity index (χ4v) is 2.88. The maximum Gasteiger partial charge on any atom is 0.355 e. The molecule has 0 fully saturated rings. The zero-order valence-electron chi connectivity index (χ0n) is 14.1. The largest absolute Gasteiger partial charge is 0.456 e. The SMILES string of the molecule is Cn1cccc1C(=O)OCC(=O)Nc1ccc2oc3ccccc3c2c1. The van der Waals surface area contributed by atoms with Crippen molar-refractivity contribution in [1.29, 1.82) is 0 Å². The minimum absolute atomic E-state index is 0.353. The molecular formula is C20H16N2O4. The van der Waals surface area contributed by atoms with E-state index in [0.717, 1.165) is 21.9 Å². The fraction of sp³-hybridized carbons (Fsp3) is 0.100. The fourth-order valence-electron chi connectivity index (χ4n) is 2.88. The zero-order valence-corrected chi connectivity index (χ0v) is 14.1. The summed E-state index contributed by atoms with van der Waals surface area (Å²) < 4.78 is 12.5. The van der Waals surface area contributed by atoms with Gasteiger partial charge in [-0.1, -0.05) is 18.2 Å². The van der Waals surface area contributed by atoms with Crippen molar-refractivity contribution in [2.45, 2.75) is 0 Å². The summed E-state index contributed by atoms with van der Waals surface area (Å²) in [4.78, 5) is 24.0. The number of furan rings is 1. The zero-order chi connectivity index (χ0) is 18.1. The summed E-state index contributed by atoms with van der Waals surface area (Å²) in [5.74, 6) is -0.941. The van der Waals surface area contributed by atoms with E-state index in [1.165, 1.54) is 0 Å². The summed E-state index contributed by atoms with van der Waals surface area (Å²) in [6, 6.07) is 16.5. The lowest BCUT2D eigenvalue weighted by atomic mass is 10.1. The lowest BCUT2D eigenvalue weighted by molar-refractivity contribution is -0.119. The van der Waals surface area contributed by atoms with Gasteiger partial charge >= 0.3 is 5.97 Å². The van der Waals surface area contributed by atoms with Crippen molar-refractivity contribution in [1.82, 2.24) is 4.57 Å². The quantitative estimate of drug-likeness (QED) is 0.571. The van der Waals surface area contributed by atoms with Crippen LogP contribution < -0.4 is 5.32 Å². The number of hydrogen-bond donors (Lipinski definition) is 1. The van der Waals surface area contributed by atoms with E-state index in [0.29, 0.717) is 11.4 Å². The third-order valence-electron chi connectivity index (χ3n) is 4.15. The normalized spacial score (nSPS) is 11.0. The maximum absolute atomic E-state index is 12.1. The molecule has 1 N–H and O–H groups in total. The molecule has 0 unspecified atom stereocenters. The highest BCUT2D eigenvalue weighted by Crippen LogP contribution is 2.30. The van der Waals surface area contributed by atoms with Gasteiger partial charge in [-0.25, -0.2) is 4.79 Å². The number of aryl methyl sites for hydroxylation is 1. The second-order valence-electron chi connectivity index (χ2n) is 5.94. The van der Waals surface area contributed by atoms with Crippen LogP contribution in [0.1, 0.15) is 10.5 Å². The van der Waals surface area contributed by atoms with Crippen LogP contribution in [0.5, 0.6) is 0 Å². The minimum atomic E-state index is -0.538. The number of carbonyl (C=O) groups excluding carboxylic acids is 2. The minimum Gasteiger partial charge on any atom is -0.456 e. The molecule has 26 heavy (non-hydrogen) atoms. The van der Waals surface area contributed by atoms with Crippen molar-refractivity contribution < 1.29 is 18.7 Å². The molecule has 0 spiro atoms. The lowest BCUT2D eigenvalue weighted by Gasteiger charge is -2.07. The van der Waals surface area contributed by atoms with Gasteiger partial charge in [0.15, 0.2) is 6.61 Å². The number of ether oxygens (including phenoxy) is 1. The number of aromatic nitrogens is 1. The second-order valence-corrected chi connectivity index (χ2v) is 5.94. The molecule has 2 aromatic heterocycles. The van der Waals surface area contributed by atoms with Gasteiger partial charge < -0.3 is 19.0 Å². The molecule has 2 aromatic carbocycles. The van der Waals surface area contributed by atoms with Crippen LogP contribution in [-0.4, -0.2) is 23.1 Å². The topological polar surface area (TPSA) is 73.5 Å². The molecule has 130 valence electrons. The highest BCUT2D eigenvalue weighted by Gasteiger charge is 2.13. The van der Waals surface area contributed by atoms with Crippen molar-refractivity contribution in [3.05, 3.63) is 66.5 Å². The Morgan fingerprint density at radius 1 is 1.04 bits per heavy atom. The molecule has 0 aliphatic heterocycles. The summed E-state index contributed by atoms with van der Waals surface area (Å²) in [5.41, 5.74) is 2.55. The molecule has 0 bridgehead atoms. The summed E-state index contributed by atoms with van der Waals surface area (Å²) in [5, 5.41) is 4.64. The van der Waals surface area contributed by atoms with E-state index < -0.39 is 11.9 Å². The van der Waals surface area contributed by atoms with Gasteiger partial charge in [-0.3, -0.25) is 4.79 Å². The molecule has 0 radical (unpaired) electrons. The smallest absolute Gasteiger partial charge is 0.355 e. The second kappa shape index (κ2) is 6.40. The summed E-state index contributed by atoms with van der Waals surface area (Å²) in [7, 11) is 1.74. The molecule has 0 aliphatic rings. The van der Waals surface area contributed by atoms with Gasteiger partial charge in [-0.15, -0.1) is 0 Å².